The van der Waals surface area contributed by atoms with E-state index in [0.29, 0.717) is 5.56 Å². The molecule has 5 heteroatoms. The molecular formula is C22H21N3OS. The first-order valence-corrected chi connectivity index (χ1v) is 10.0. The van der Waals surface area contributed by atoms with Crippen molar-refractivity contribution in [3.8, 4) is 0 Å². The van der Waals surface area contributed by atoms with Gasteiger partial charge in [0.1, 0.15) is 0 Å². The summed E-state index contributed by atoms with van der Waals surface area (Å²) < 4.78 is 0. The van der Waals surface area contributed by atoms with Crippen LogP contribution in [0.5, 0.6) is 0 Å². The Morgan fingerprint density at radius 1 is 1.04 bits per heavy atom. The molecule has 0 spiro atoms. The molecule has 4 rings (SSSR count). The standard InChI is InChI=1S/C22H21N3OS/c1-3-13-27-19-12-11-18-20-16(19)5-4-6-17(20)21(23)25(22(18)26)24-15-9-7-14(2)8-10-15/h4-12,23-24H,3,13H2,1-2H3. The predicted octanol–water partition coefficient (Wildman–Crippen LogP) is 5.46. The van der Waals surface area contributed by atoms with E-state index in [1.807, 2.05) is 61.5 Å². The maximum Gasteiger partial charge on any atom is 0.279 e. The van der Waals surface area contributed by atoms with Crippen LogP contribution in [0.25, 0.3) is 10.8 Å². The van der Waals surface area contributed by atoms with Crippen LogP contribution in [-0.2, 0) is 0 Å². The first kappa shape index (κ1) is 17.6. The third-order valence-corrected chi connectivity index (χ3v) is 5.95. The van der Waals surface area contributed by atoms with Gasteiger partial charge in [0.05, 0.1) is 11.3 Å². The van der Waals surface area contributed by atoms with E-state index in [0.717, 1.165) is 44.7 Å². The van der Waals surface area contributed by atoms with Gasteiger partial charge < -0.3 is 0 Å². The molecule has 27 heavy (non-hydrogen) atoms. The maximum atomic E-state index is 13.1. The molecule has 0 aliphatic carbocycles. The van der Waals surface area contributed by atoms with Gasteiger partial charge in [0, 0.05) is 15.8 Å². The van der Waals surface area contributed by atoms with Crippen molar-refractivity contribution < 1.29 is 4.79 Å². The van der Waals surface area contributed by atoms with Gasteiger partial charge in [0.2, 0.25) is 0 Å². The first-order valence-electron chi connectivity index (χ1n) is 9.05. The molecule has 0 aromatic heterocycles. The smallest absolute Gasteiger partial charge is 0.279 e. The lowest BCUT2D eigenvalue weighted by Gasteiger charge is -2.30. The van der Waals surface area contributed by atoms with Crippen LogP contribution in [0.1, 0.15) is 34.8 Å². The van der Waals surface area contributed by atoms with Gasteiger partial charge in [-0.05, 0) is 48.7 Å². The van der Waals surface area contributed by atoms with Crippen molar-refractivity contribution in [1.29, 1.82) is 5.41 Å². The number of hydrogen-bond acceptors (Lipinski definition) is 4. The molecule has 1 aliphatic rings. The lowest BCUT2D eigenvalue weighted by molar-refractivity contribution is 0.0869. The van der Waals surface area contributed by atoms with Gasteiger partial charge in [-0.1, -0.05) is 42.8 Å². The highest BCUT2D eigenvalue weighted by Crippen LogP contribution is 2.36. The molecule has 0 bridgehead atoms. The number of anilines is 1. The Hall–Kier alpha value is -2.79. The lowest BCUT2D eigenvalue weighted by atomic mass is 9.94. The fourth-order valence-corrected chi connectivity index (χ4v) is 4.21. The fraction of sp³-hybridized carbons (Fsp3) is 0.182. The van der Waals surface area contributed by atoms with Crippen LogP contribution in [0.15, 0.2) is 59.5 Å². The molecule has 136 valence electrons. The number of aryl methyl sites for hydroxylation is 1. The molecular weight excluding hydrogens is 354 g/mol. The van der Waals surface area contributed by atoms with Crippen LogP contribution in [0, 0.1) is 12.3 Å². The molecule has 3 aromatic carbocycles. The first-order chi connectivity index (χ1) is 13.1. The largest absolute Gasteiger partial charge is 0.290 e. The molecule has 4 nitrogen and oxygen atoms in total. The summed E-state index contributed by atoms with van der Waals surface area (Å²) in [6.45, 7) is 4.18. The van der Waals surface area contributed by atoms with Crippen LogP contribution in [-0.4, -0.2) is 22.5 Å². The highest BCUT2D eigenvalue weighted by atomic mass is 32.2. The number of carbonyl (C=O) groups is 1. The maximum absolute atomic E-state index is 13.1. The van der Waals surface area contributed by atoms with Gasteiger partial charge >= 0.3 is 0 Å². The van der Waals surface area contributed by atoms with E-state index in [-0.39, 0.29) is 11.7 Å². The third kappa shape index (κ3) is 3.08. The second kappa shape index (κ2) is 7.08. The third-order valence-electron chi connectivity index (χ3n) is 4.67. The predicted molar refractivity (Wildman–Crippen MR) is 113 cm³/mol. The minimum absolute atomic E-state index is 0.177. The normalized spacial score (nSPS) is 13.3. The Labute approximate surface area is 163 Å². The summed E-state index contributed by atoms with van der Waals surface area (Å²) >= 11 is 1.80. The minimum atomic E-state index is -0.198. The number of thioether (sulfide) groups is 1. The quantitative estimate of drug-likeness (QED) is 0.582. The minimum Gasteiger partial charge on any atom is -0.290 e. The highest BCUT2D eigenvalue weighted by Gasteiger charge is 2.31. The zero-order chi connectivity index (χ0) is 19.0. The van der Waals surface area contributed by atoms with E-state index in [4.69, 9.17) is 5.41 Å². The number of hydrazine groups is 1. The second-order valence-corrected chi connectivity index (χ2v) is 7.79. The van der Waals surface area contributed by atoms with Crippen LogP contribution in [0.2, 0.25) is 0 Å². The SMILES string of the molecule is CCCSc1ccc2c3c(cccc13)C(=N)N(Nc1ccc(C)cc1)C2=O. The molecule has 0 unspecified atom stereocenters. The van der Waals surface area contributed by atoms with Crippen molar-refractivity contribution in [1.82, 2.24) is 5.01 Å². The zero-order valence-electron chi connectivity index (χ0n) is 15.4. The Morgan fingerprint density at radius 2 is 1.81 bits per heavy atom. The van der Waals surface area contributed by atoms with E-state index in [2.05, 4.69) is 12.3 Å². The number of amidine groups is 1. The number of rotatable bonds is 5. The molecule has 0 atom stereocenters. The average molecular weight is 375 g/mol. The van der Waals surface area contributed by atoms with Crippen LogP contribution >= 0.6 is 11.8 Å². The van der Waals surface area contributed by atoms with Gasteiger partial charge in [0.25, 0.3) is 5.91 Å². The summed E-state index contributed by atoms with van der Waals surface area (Å²) in [7, 11) is 0. The number of hydrogen-bond donors (Lipinski definition) is 2. The van der Waals surface area contributed by atoms with Gasteiger partial charge in [-0.3, -0.25) is 15.6 Å². The number of amides is 1. The monoisotopic (exact) mass is 375 g/mol. The van der Waals surface area contributed by atoms with Crippen LogP contribution in [0.3, 0.4) is 0 Å². The van der Waals surface area contributed by atoms with Gasteiger partial charge in [-0.25, -0.2) is 5.01 Å². The lowest BCUT2D eigenvalue weighted by Crippen LogP contribution is -2.44. The molecule has 0 fully saturated rings. The van der Waals surface area contributed by atoms with Gasteiger partial charge in [-0.2, -0.15) is 0 Å². The molecule has 3 aromatic rings. The van der Waals surface area contributed by atoms with E-state index < -0.39 is 0 Å². The van der Waals surface area contributed by atoms with Crippen LogP contribution < -0.4 is 5.43 Å². The van der Waals surface area contributed by atoms with Crippen molar-refractivity contribution >= 4 is 40.0 Å². The molecule has 1 aliphatic heterocycles. The summed E-state index contributed by atoms with van der Waals surface area (Å²) in [5.74, 6) is 1.01. The van der Waals surface area contributed by atoms with E-state index in [1.54, 1.807) is 11.8 Å². The fourth-order valence-electron chi connectivity index (χ4n) is 3.30. The van der Waals surface area contributed by atoms with E-state index in [1.165, 1.54) is 5.01 Å². The average Bonchev–Trinajstić information content (AvgIpc) is 2.69. The Morgan fingerprint density at radius 3 is 2.56 bits per heavy atom. The summed E-state index contributed by atoms with van der Waals surface area (Å²) in [6.07, 6.45) is 1.09. The van der Waals surface area contributed by atoms with Crippen molar-refractivity contribution in [2.45, 2.75) is 25.2 Å². The number of nitrogens with zero attached hydrogens (tertiary/aromatic N) is 1. The number of carbonyl (C=O) groups excluding carboxylic acids is 1. The van der Waals surface area contributed by atoms with E-state index >= 15 is 0 Å². The molecule has 0 saturated heterocycles. The highest BCUT2D eigenvalue weighted by molar-refractivity contribution is 7.99. The van der Waals surface area contributed by atoms with Crippen molar-refractivity contribution in [2.24, 2.45) is 0 Å². The molecule has 1 heterocycles. The Bertz CT molecular complexity index is 1020. The van der Waals surface area contributed by atoms with Crippen molar-refractivity contribution in [3.05, 3.63) is 71.3 Å². The summed E-state index contributed by atoms with van der Waals surface area (Å²) in [6, 6.07) is 17.6. The Balaban J connectivity index is 1.77. The Kier molecular flexibility index (Phi) is 4.62. The number of benzene rings is 3. The van der Waals surface area contributed by atoms with E-state index in [9.17, 15) is 4.79 Å². The summed E-state index contributed by atoms with van der Waals surface area (Å²) in [4.78, 5) is 14.3. The molecule has 0 radical (unpaired) electrons. The van der Waals surface area contributed by atoms with Crippen LogP contribution in [0.4, 0.5) is 5.69 Å². The molecule has 1 amide bonds. The topological polar surface area (TPSA) is 56.2 Å². The zero-order valence-corrected chi connectivity index (χ0v) is 16.2. The van der Waals surface area contributed by atoms with Gasteiger partial charge in [-0.15, -0.1) is 11.8 Å². The summed E-state index contributed by atoms with van der Waals surface area (Å²) in [5, 5.41) is 11.9. The molecule has 0 saturated carbocycles. The number of nitrogens with one attached hydrogen (secondary N) is 2. The molecule has 2 N–H and O–H groups in total. The van der Waals surface area contributed by atoms with Crippen molar-refractivity contribution in [2.75, 3.05) is 11.2 Å². The van der Waals surface area contributed by atoms with Crippen molar-refractivity contribution in [3.63, 3.8) is 0 Å². The summed E-state index contributed by atoms with van der Waals surface area (Å²) in [5.41, 5.74) is 6.44. The van der Waals surface area contributed by atoms with Gasteiger partial charge in [0.15, 0.2) is 5.84 Å². The second-order valence-electron chi connectivity index (χ2n) is 6.65.